The molecule has 0 saturated heterocycles. The number of halogens is 3. The highest BCUT2D eigenvalue weighted by Gasteiger charge is 2.31. The number of ether oxygens (including phenoxy) is 1. The number of anilines is 2. The van der Waals surface area contributed by atoms with Gasteiger partial charge in [0.15, 0.2) is 4.34 Å². The Labute approximate surface area is 181 Å². The maximum absolute atomic E-state index is 13.1. The van der Waals surface area contributed by atoms with Crippen molar-refractivity contribution in [2.24, 2.45) is 0 Å². The van der Waals surface area contributed by atoms with E-state index in [9.17, 15) is 22.8 Å². The van der Waals surface area contributed by atoms with Crippen LogP contribution in [0.5, 0.6) is 0 Å². The van der Waals surface area contributed by atoms with Gasteiger partial charge in [-0.1, -0.05) is 23.1 Å². The molecule has 3 aromatic rings. The molecule has 0 atom stereocenters. The van der Waals surface area contributed by atoms with Crippen molar-refractivity contribution in [3.8, 4) is 5.69 Å². The number of rotatable bonds is 7. The van der Waals surface area contributed by atoms with Crippen molar-refractivity contribution in [1.29, 1.82) is 0 Å². The Hall–Kier alpha value is -3.20. The third kappa shape index (κ3) is 6.14. The normalized spacial score (nSPS) is 11.2. The largest absolute Gasteiger partial charge is 0.450 e. The first-order valence-electron chi connectivity index (χ1n) is 8.52. The fourth-order valence-electron chi connectivity index (χ4n) is 2.23. The molecule has 10 nitrogen and oxygen atoms in total. The second-order valence-electron chi connectivity index (χ2n) is 5.63. The van der Waals surface area contributed by atoms with Gasteiger partial charge in [-0.2, -0.15) is 18.3 Å². The number of amides is 2. The highest BCUT2D eigenvalue weighted by atomic mass is 32.2. The van der Waals surface area contributed by atoms with E-state index in [0.29, 0.717) is 4.34 Å². The van der Waals surface area contributed by atoms with E-state index in [4.69, 9.17) is 4.74 Å². The summed E-state index contributed by atoms with van der Waals surface area (Å²) in [7, 11) is 0. The van der Waals surface area contributed by atoms with E-state index in [1.54, 1.807) is 6.92 Å². The second kappa shape index (κ2) is 9.74. The summed E-state index contributed by atoms with van der Waals surface area (Å²) in [5.41, 5.74) is -0.772. The number of nitrogens with one attached hydrogen (secondary N) is 2. The zero-order valence-corrected chi connectivity index (χ0v) is 17.3. The van der Waals surface area contributed by atoms with Gasteiger partial charge in [0.25, 0.3) is 0 Å². The van der Waals surface area contributed by atoms with E-state index in [2.05, 4.69) is 30.9 Å². The Kier molecular flexibility index (Phi) is 7.06. The van der Waals surface area contributed by atoms with Gasteiger partial charge in [0, 0.05) is 0 Å². The summed E-state index contributed by atoms with van der Waals surface area (Å²) in [4.78, 5) is 27.5. The van der Waals surface area contributed by atoms with Gasteiger partial charge in [0.1, 0.15) is 12.7 Å². The molecule has 1 aromatic carbocycles. The first-order valence-corrected chi connectivity index (χ1v) is 10.3. The Morgan fingerprint density at radius 1 is 1.26 bits per heavy atom. The number of thioether (sulfide) groups is 1. The minimum atomic E-state index is -4.58. The molecule has 15 heteroatoms. The van der Waals surface area contributed by atoms with Crippen LogP contribution in [-0.4, -0.2) is 49.3 Å². The summed E-state index contributed by atoms with van der Waals surface area (Å²) < 4.78 is 45.6. The summed E-state index contributed by atoms with van der Waals surface area (Å²) in [6.45, 7) is 1.84. The molecule has 0 unspecified atom stereocenters. The number of carbonyl (C=O) groups excluding carboxylic acids is 2. The van der Waals surface area contributed by atoms with E-state index < -0.39 is 23.7 Å². The molecule has 0 saturated carbocycles. The fourth-order valence-corrected chi connectivity index (χ4v) is 3.77. The number of carbonyl (C=O) groups is 2. The van der Waals surface area contributed by atoms with Crippen molar-refractivity contribution in [3.63, 3.8) is 0 Å². The lowest BCUT2D eigenvalue weighted by molar-refractivity contribution is -0.137. The molecule has 0 bridgehead atoms. The molecular formula is C16H14F3N7O3S2. The quantitative estimate of drug-likeness (QED) is 0.395. The molecule has 0 aliphatic heterocycles. The smallest absolute Gasteiger partial charge is 0.416 e. The lowest BCUT2D eigenvalue weighted by atomic mass is 10.1. The summed E-state index contributed by atoms with van der Waals surface area (Å²) in [6, 6.07) is 2.91. The summed E-state index contributed by atoms with van der Waals surface area (Å²) in [5.74, 6) is -0.720. The Bertz CT molecular complexity index is 1060. The summed E-state index contributed by atoms with van der Waals surface area (Å²) in [5, 5.41) is 16.5. The first-order chi connectivity index (χ1) is 14.8. The van der Waals surface area contributed by atoms with Gasteiger partial charge in [-0.15, -0.1) is 10.2 Å². The lowest BCUT2D eigenvalue weighted by Crippen LogP contribution is -2.17. The number of aromatic nitrogens is 5. The van der Waals surface area contributed by atoms with Gasteiger partial charge >= 0.3 is 12.3 Å². The Morgan fingerprint density at radius 3 is 2.74 bits per heavy atom. The van der Waals surface area contributed by atoms with Crippen LogP contribution in [0.25, 0.3) is 5.69 Å². The maximum atomic E-state index is 13.1. The van der Waals surface area contributed by atoms with Crippen molar-refractivity contribution in [2.45, 2.75) is 17.4 Å². The SMILES string of the molecule is CCOC(=O)Nc1nnc(SCC(=O)Nc2cc(C(F)(F)F)ccc2-n2cncn2)s1. The third-order valence-electron chi connectivity index (χ3n) is 3.48. The highest BCUT2D eigenvalue weighted by Crippen LogP contribution is 2.33. The molecule has 0 aliphatic rings. The third-order valence-corrected chi connectivity index (χ3v) is 5.45. The second-order valence-corrected chi connectivity index (χ2v) is 7.83. The van der Waals surface area contributed by atoms with E-state index in [-0.39, 0.29) is 28.9 Å². The number of hydrogen-bond acceptors (Lipinski definition) is 9. The molecule has 0 aliphatic carbocycles. The zero-order chi connectivity index (χ0) is 22.4. The Balaban J connectivity index is 1.67. The molecule has 164 valence electrons. The summed E-state index contributed by atoms with van der Waals surface area (Å²) >= 11 is 2.03. The van der Waals surface area contributed by atoms with Crippen molar-refractivity contribution in [2.75, 3.05) is 23.0 Å². The number of hydrogen-bond donors (Lipinski definition) is 2. The van der Waals surface area contributed by atoms with Gasteiger partial charge in [0.05, 0.1) is 29.3 Å². The monoisotopic (exact) mass is 473 g/mol. The van der Waals surface area contributed by atoms with E-state index in [0.717, 1.165) is 35.2 Å². The van der Waals surface area contributed by atoms with Crippen LogP contribution in [0.3, 0.4) is 0 Å². The van der Waals surface area contributed by atoms with Crippen molar-refractivity contribution in [3.05, 3.63) is 36.4 Å². The Morgan fingerprint density at radius 2 is 2.06 bits per heavy atom. The summed E-state index contributed by atoms with van der Waals surface area (Å²) in [6.07, 6.45) is -2.74. The molecule has 2 aromatic heterocycles. The molecule has 2 heterocycles. The van der Waals surface area contributed by atoms with E-state index in [1.807, 2.05) is 0 Å². The highest BCUT2D eigenvalue weighted by molar-refractivity contribution is 8.01. The fraction of sp³-hybridized carbons (Fsp3) is 0.250. The predicted octanol–water partition coefficient (Wildman–Crippen LogP) is 3.44. The molecule has 0 radical (unpaired) electrons. The average molecular weight is 473 g/mol. The topological polar surface area (TPSA) is 124 Å². The predicted molar refractivity (Wildman–Crippen MR) is 106 cm³/mol. The molecule has 3 rings (SSSR count). The molecule has 0 fully saturated rings. The van der Waals surface area contributed by atoms with Crippen molar-refractivity contribution in [1.82, 2.24) is 25.0 Å². The minimum Gasteiger partial charge on any atom is -0.450 e. The van der Waals surface area contributed by atoms with Crippen LogP contribution in [0.15, 0.2) is 35.2 Å². The molecular weight excluding hydrogens is 459 g/mol. The van der Waals surface area contributed by atoms with Crippen LogP contribution in [0.2, 0.25) is 0 Å². The maximum Gasteiger partial charge on any atom is 0.416 e. The average Bonchev–Trinajstić information content (AvgIpc) is 3.38. The van der Waals surface area contributed by atoms with E-state index >= 15 is 0 Å². The molecule has 2 N–H and O–H groups in total. The van der Waals surface area contributed by atoms with Gasteiger partial charge in [-0.05, 0) is 25.1 Å². The van der Waals surface area contributed by atoms with E-state index in [1.165, 1.54) is 23.4 Å². The van der Waals surface area contributed by atoms with Crippen LogP contribution < -0.4 is 10.6 Å². The van der Waals surface area contributed by atoms with Crippen LogP contribution in [0.1, 0.15) is 12.5 Å². The van der Waals surface area contributed by atoms with Crippen molar-refractivity contribution < 1.29 is 27.5 Å². The van der Waals surface area contributed by atoms with Gasteiger partial charge in [-0.3, -0.25) is 10.1 Å². The van der Waals surface area contributed by atoms with Gasteiger partial charge in [0.2, 0.25) is 11.0 Å². The number of benzene rings is 1. The van der Waals surface area contributed by atoms with Crippen LogP contribution in [-0.2, 0) is 15.7 Å². The number of alkyl halides is 3. The number of nitrogens with zero attached hydrogens (tertiary/aromatic N) is 5. The van der Waals surface area contributed by atoms with Crippen LogP contribution in [0, 0.1) is 0 Å². The van der Waals surface area contributed by atoms with Gasteiger partial charge < -0.3 is 10.1 Å². The minimum absolute atomic E-state index is 0.0761. The standard InChI is InChI=1S/C16H14F3N7O3S2/c1-2-29-14(28)23-13-24-25-15(31-13)30-6-12(27)22-10-5-9(16(17,18)19)3-4-11(10)26-8-20-7-21-26/h3-5,7-8H,2,6H2,1H3,(H,22,27)(H,23,24,28). The lowest BCUT2D eigenvalue weighted by Gasteiger charge is -2.14. The zero-order valence-electron chi connectivity index (χ0n) is 15.7. The van der Waals surface area contributed by atoms with Gasteiger partial charge in [-0.25, -0.2) is 14.5 Å². The molecule has 0 spiro atoms. The first kappa shape index (κ1) is 22.5. The molecule has 31 heavy (non-hydrogen) atoms. The van der Waals surface area contributed by atoms with Crippen LogP contribution >= 0.6 is 23.1 Å². The van der Waals surface area contributed by atoms with Crippen molar-refractivity contribution >= 4 is 45.9 Å². The van der Waals surface area contributed by atoms with Crippen LogP contribution in [0.4, 0.5) is 28.8 Å². The molecule has 2 amide bonds.